The Morgan fingerprint density at radius 2 is 2.00 bits per heavy atom. The molecule has 8 nitrogen and oxygen atoms in total. The number of benzene rings is 1. The number of primary amides is 1. The number of nitrogens with zero attached hydrogens (tertiary/aromatic N) is 1. The molecule has 3 amide bonds. The van der Waals surface area contributed by atoms with E-state index in [1.165, 1.54) is 17.0 Å². The fraction of sp³-hybridized carbons (Fsp3) is 0.400. The molecule has 0 radical (unpaired) electrons. The van der Waals surface area contributed by atoms with E-state index in [9.17, 15) is 14.4 Å². The molecule has 1 fully saturated rings. The maximum Gasteiger partial charge on any atom is 0.407 e. The molecule has 0 atom stereocenters. The van der Waals surface area contributed by atoms with Gasteiger partial charge in [0, 0.05) is 24.0 Å². The number of hydrogen-bond acceptors (Lipinski definition) is 4. The number of carbonyl (C=O) groups is 3. The lowest BCUT2D eigenvalue weighted by Crippen LogP contribution is -2.40. The molecule has 0 aliphatic carbocycles. The minimum atomic E-state index is -0.972. The second-order valence-electron chi connectivity index (χ2n) is 5.43. The Balaban J connectivity index is 1.92. The van der Waals surface area contributed by atoms with Crippen LogP contribution in [0.1, 0.15) is 12.8 Å². The van der Waals surface area contributed by atoms with E-state index in [2.05, 4.69) is 5.32 Å². The first kappa shape index (κ1) is 17.9. The monoisotopic (exact) mass is 355 g/mol. The van der Waals surface area contributed by atoms with Gasteiger partial charge in [-0.15, -0.1) is 0 Å². The number of rotatable bonds is 5. The van der Waals surface area contributed by atoms with Crippen molar-refractivity contribution in [2.75, 3.05) is 25.0 Å². The normalized spacial score (nSPS) is 15.0. The molecule has 4 N–H and O–H groups in total. The molecule has 0 unspecified atom stereocenters. The van der Waals surface area contributed by atoms with Gasteiger partial charge in [0.25, 0.3) is 0 Å². The summed E-state index contributed by atoms with van der Waals surface area (Å²) in [5.74, 6) is -0.0602. The number of urea groups is 1. The molecule has 24 heavy (non-hydrogen) atoms. The van der Waals surface area contributed by atoms with Gasteiger partial charge in [-0.3, -0.25) is 4.79 Å². The number of ketones is 1. The quantitative estimate of drug-likeness (QED) is 0.747. The third-order valence-corrected chi connectivity index (χ3v) is 4.03. The Kier molecular flexibility index (Phi) is 5.86. The van der Waals surface area contributed by atoms with Gasteiger partial charge < -0.3 is 25.8 Å². The zero-order chi connectivity index (χ0) is 17.7. The van der Waals surface area contributed by atoms with E-state index in [1.807, 2.05) is 0 Å². The molecular weight excluding hydrogens is 338 g/mol. The van der Waals surface area contributed by atoms with Crippen LogP contribution in [-0.4, -0.2) is 47.6 Å². The maximum atomic E-state index is 12.2. The van der Waals surface area contributed by atoms with Crippen LogP contribution in [0, 0.1) is 5.92 Å². The van der Waals surface area contributed by atoms with E-state index in [0.717, 1.165) is 0 Å². The molecular formula is C15H18ClN3O5. The molecule has 1 aliphatic rings. The number of nitrogens with two attached hydrogens (primary N) is 1. The van der Waals surface area contributed by atoms with Gasteiger partial charge in [-0.1, -0.05) is 11.6 Å². The average molecular weight is 356 g/mol. The van der Waals surface area contributed by atoms with Crippen molar-refractivity contribution in [2.45, 2.75) is 12.8 Å². The van der Waals surface area contributed by atoms with Gasteiger partial charge in [0.1, 0.15) is 12.4 Å². The molecule has 0 saturated carbocycles. The zero-order valence-electron chi connectivity index (χ0n) is 12.8. The second kappa shape index (κ2) is 7.87. The van der Waals surface area contributed by atoms with Gasteiger partial charge in [0.05, 0.1) is 5.69 Å². The number of carbonyl (C=O) groups excluding carboxylic acids is 2. The molecule has 2 rings (SSSR count). The maximum absolute atomic E-state index is 12.2. The molecule has 1 aromatic carbocycles. The van der Waals surface area contributed by atoms with Crippen LogP contribution in [-0.2, 0) is 4.79 Å². The van der Waals surface area contributed by atoms with Crippen molar-refractivity contribution in [3.63, 3.8) is 0 Å². The lowest BCUT2D eigenvalue weighted by molar-refractivity contribution is -0.126. The molecule has 1 saturated heterocycles. The highest BCUT2D eigenvalue weighted by Crippen LogP contribution is 2.28. The van der Waals surface area contributed by atoms with Crippen molar-refractivity contribution in [2.24, 2.45) is 11.7 Å². The fourth-order valence-corrected chi connectivity index (χ4v) is 2.69. The van der Waals surface area contributed by atoms with Crippen molar-refractivity contribution >= 4 is 35.2 Å². The number of amides is 3. The summed E-state index contributed by atoms with van der Waals surface area (Å²) in [6, 6.07) is 3.80. The summed E-state index contributed by atoms with van der Waals surface area (Å²) in [7, 11) is 0. The number of likely N-dealkylation sites (tertiary alicyclic amines) is 1. The van der Waals surface area contributed by atoms with Crippen LogP contribution >= 0.6 is 11.6 Å². The van der Waals surface area contributed by atoms with E-state index in [4.69, 9.17) is 27.2 Å². The van der Waals surface area contributed by atoms with E-state index in [0.29, 0.717) is 31.0 Å². The topological polar surface area (TPSA) is 122 Å². The van der Waals surface area contributed by atoms with Crippen LogP contribution in [0.3, 0.4) is 0 Å². The summed E-state index contributed by atoms with van der Waals surface area (Å²) in [6.45, 7) is 0.495. The average Bonchev–Trinajstić information content (AvgIpc) is 2.53. The second-order valence-corrected chi connectivity index (χ2v) is 5.87. The molecule has 0 aromatic heterocycles. The standard InChI is InChI=1S/C15H18ClN3O5/c16-10-1-2-13(11(7-10)18-14(17)21)24-8-12(20)9-3-5-19(6-4-9)15(22)23/h1-2,7,9H,3-6,8H2,(H,22,23)(H3,17,18,21). The predicted molar refractivity (Wildman–Crippen MR) is 87.5 cm³/mol. The van der Waals surface area contributed by atoms with E-state index >= 15 is 0 Å². The van der Waals surface area contributed by atoms with Crippen LogP contribution in [0.5, 0.6) is 5.75 Å². The Bertz CT molecular complexity index is 644. The first-order chi connectivity index (χ1) is 11.4. The summed E-state index contributed by atoms with van der Waals surface area (Å²) in [4.78, 5) is 35.4. The highest BCUT2D eigenvalue weighted by atomic mass is 35.5. The lowest BCUT2D eigenvalue weighted by atomic mass is 9.93. The molecule has 1 aliphatic heterocycles. The minimum Gasteiger partial charge on any atom is -0.484 e. The van der Waals surface area contributed by atoms with Gasteiger partial charge in [-0.05, 0) is 31.0 Å². The first-order valence-corrected chi connectivity index (χ1v) is 7.74. The number of carboxylic acid groups (broad SMARTS) is 1. The number of nitrogens with one attached hydrogen (secondary N) is 1. The van der Waals surface area contributed by atoms with Gasteiger partial charge in [-0.2, -0.15) is 0 Å². The fourth-order valence-electron chi connectivity index (χ4n) is 2.52. The largest absolute Gasteiger partial charge is 0.484 e. The summed E-state index contributed by atoms with van der Waals surface area (Å²) in [6.07, 6.45) is -0.0243. The molecule has 0 spiro atoms. The Hall–Kier alpha value is -2.48. The molecule has 9 heteroatoms. The Labute approximate surface area is 143 Å². The van der Waals surface area contributed by atoms with Crippen LogP contribution in [0.2, 0.25) is 5.02 Å². The number of ether oxygens (including phenoxy) is 1. The van der Waals surface area contributed by atoms with Crippen LogP contribution in [0.15, 0.2) is 18.2 Å². The first-order valence-electron chi connectivity index (χ1n) is 7.36. The van der Waals surface area contributed by atoms with Crippen molar-refractivity contribution in [1.29, 1.82) is 0 Å². The van der Waals surface area contributed by atoms with Crippen LogP contribution in [0.25, 0.3) is 0 Å². The SMILES string of the molecule is NC(=O)Nc1cc(Cl)ccc1OCC(=O)C1CCN(C(=O)O)CC1. The van der Waals surface area contributed by atoms with Gasteiger partial charge >= 0.3 is 12.1 Å². The number of anilines is 1. The third-order valence-electron chi connectivity index (χ3n) is 3.79. The molecule has 1 aromatic rings. The van der Waals surface area contributed by atoms with Crippen LogP contribution < -0.4 is 15.8 Å². The molecule has 130 valence electrons. The summed E-state index contributed by atoms with van der Waals surface area (Å²) in [5.41, 5.74) is 5.37. The van der Waals surface area contributed by atoms with Gasteiger partial charge in [0.15, 0.2) is 5.78 Å². The zero-order valence-corrected chi connectivity index (χ0v) is 13.6. The number of halogens is 1. The van der Waals surface area contributed by atoms with Crippen molar-refractivity contribution in [3.05, 3.63) is 23.2 Å². The summed E-state index contributed by atoms with van der Waals surface area (Å²) in [5, 5.41) is 11.7. The number of hydrogen-bond donors (Lipinski definition) is 3. The number of Topliss-reactive ketones (excluding diaryl/α,β-unsaturated/α-hetero) is 1. The highest BCUT2D eigenvalue weighted by Gasteiger charge is 2.27. The van der Waals surface area contributed by atoms with E-state index in [-0.39, 0.29) is 29.7 Å². The number of piperidine rings is 1. The highest BCUT2D eigenvalue weighted by molar-refractivity contribution is 6.31. The van der Waals surface area contributed by atoms with E-state index in [1.54, 1.807) is 6.07 Å². The van der Waals surface area contributed by atoms with Gasteiger partial charge in [-0.25, -0.2) is 9.59 Å². The van der Waals surface area contributed by atoms with Crippen molar-refractivity contribution < 1.29 is 24.2 Å². The predicted octanol–water partition coefficient (Wildman–Crippen LogP) is 2.17. The summed E-state index contributed by atoms with van der Waals surface area (Å²) < 4.78 is 5.47. The Morgan fingerprint density at radius 3 is 2.58 bits per heavy atom. The smallest absolute Gasteiger partial charge is 0.407 e. The lowest BCUT2D eigenvalue weighted by Gasteiger charge is -2.29. The van der Waals surface area contributed by atoms with Crippen molar-refractivity contribution in [1.82, 2.24) is 4.90 Å². The third kappa shape index (κ3) is 4.76. The Morgan fingerprint density at radius 1 is 1.33 bits per heavy atom. The van der Waals surface area contributed by atoms with E-state index < -0.39 is 12.1 Å². The molecule has 1 heterocycles. The minimum absolute atomic E-state index is 0.111. The summed E-state index contributed by atoms with van der Waals surface area (Å²) >= 11 is 5.86. The molecule has 0 bridgehead atoms. The van der Waals surface area contributed by atoms with Gasteiger partial charge in [0.2, 0.25) is 0 Å². The van der Waals surface area contributed by atoms with Crippen molar-refractivity contribution in [3.8, 4) is 5.75 Å². The van der Waals surface area contributed by atoms with Crippen LogP contribution in [0.4, 0.5) is 15.3 Å².